The highest BCUT2D eigenvalue weighted by Crippen LogP contribution is 2.17. The minimum atomic E-state index is -1.01. The Morgan fingerprint density at radius 1 is 1.25 bits per heavy atom. The summed E-state index contributed by atoms with van der Waals surface area (Å²) in [6.45, 7) is 0. The number of aromatic nitrogens is 2. The van der Waals surface area contributed by atoms with Crippen LogP contribution in [0.4, 0.5) is 11.6 Å². The van der Waals surface area contributed by atoms with Crippen molar-refractivity contribution in [3.63, 3.8) is 0 Å². The number of ether oxygens (including phenoxy) is 1. The fourth-order valence-corrected chi connectivity index (χ4v) is 1.46. The number of nitrogens with zero attached hydrogens (tertiary/aromatic N) is 2. The molecule has 0 fully saturated rings. The maximum atomic E-state index is 10.4. The van der Waals surface area contributed by atoms with Gasteiger partial charge in [0.25, 0.3) is 0 Å². The minimum absolute atomic E-state index is 0.433. The molecule has 102 valence electrons. The van der Waals surface area contributed by atoms with Crippen molar-refractivity contribution < 1.29 is 14.6 Å². The molecule has 1 heterocycles. The van der Waals surface area contributed by atoms with E-state index in [0.717, 1.165) is 17.5 Å². The summed E-state index contributed by atoms with van der Waals surface area (Å²) in [7, 11) is 1.61. The molecule has 0 aliphatic rings. The number of hydrogen-bond donors (Lipinski definition) is 2. The Balaban J connectivity index is 2.04. The summed E-state index contributed by atoms with van der Waals surface area (Å²) >= 11 is 0. The van der Waals surface area contributed by atoms with Gasteiger partial charge in [0, 0.05) is 29.7 Å². The maximum absolute atomic E-state index is 10.4. The first-order valence-electron chi connectivity index (χ1n) is 5.81. The molecule has 2 aromatic rings. The zero-order chi connectivity index (χ0) is 14.4. The maximum Gasteiger partial charge on any atom is 0.328 e. The van der Waals surface area contributed by atoms with E-state index in [1.54, 1.807) is 7.11 Å². The summed E-state index contributed by atoms with van der Waals surface area (Å²) in [5.41, 5.74) is 1.45. The summed E-state index contributed by atoms with van der Waals surface area (Å²) in [5, 5.41) is 11.5. The predicted octanol–water partition coefficient (Wildman–Crippen LogP) is 2.33. The fraction of sp³-hybridized carbons (Fsp3) is 0.0714. The molecule has 0 unspecified atom stereocenters. The standard InChI is InChI=1S/C14H13N3O3/c1-20-12-5-3-11(4-6-12)17-14-15-8-10(9-16-14)2-7-13(18)19/h2-9H,1H3,(H,18,19)(H,15,16,17)/b7-2+. The van der Waals surface area contributed by atoms with Crippen molar-refractivity contribution in [1.82, 2.24) is 9.97 Å². The van der Waals surface area contributed by atoms with Gasteiger partial charge in [-0.25, -0.2) is 14.8 Å². The van der Waals surface area contributed by atoms with Crippen LogP contribution in [0.2, 0.25) is 0 Å². The third kappa shape index (κ3) is 3.81. The van der Waals surface area contributed by atoms with E-state index in [-0.39, 0.29) is 0 Å². The molecule has 1 aromatic carbocycles. The Labute approximate surface area is 115 Å². The van der Waals surface area contributed by atoms with Gasteiger partial charge >= 0.3 is 5.97 Å². The zero-order valence-electron chi connectivity index (χ0n) is 10.8. The van der Waals surface area contributed by atoms with E-state index >= 15 is 0 Å². The Hall–Kier alpha value is -2.89. The number of benzene rings is 1. The molecule has 0 aliphatic carbocycles. The number of anilines is 2. The molecule has 0 radical (unpaired) electrons. The highest BCUT2D eigenvalue weighted by atomic mass is 16.5. The Bertz CT molecular complexity index is 607. The average molecular weight is 271 g/mol. The molecule has 1 aromatic heterocycles. The zero-order valence-corrected chi connectivity index (χ0v) is 10.8. The molecule has 20 heavy (non-hydrogen) atoms. The summed E-state index contributed by atoms with van der Waals surface area (Å²) in [4.78, 5) is 18.6. The van der Waals surface area contributed by atoms with Gasteiger partial charge < -0.3 is 15.2 Å². The molecular weight excluding hydrogens is 258 g/mol. The van der Waals surface area contributed by atoms with Crippen molar-refractivity contribution in [3.05, 3.63) is 48.3 Å². The molecule has 0 spiro atoms. The molecule has 2 rings (SSSR count). The summed E-state index contributed by atoms with van der Waals surface area (Å²) in [6.07, 6.45) is 5.55. The average Bonchev–Trinajstić information content (AvgIpc) is 2.47. The molecular formula is C14H13N3O3. The molecule has 0 aliphatic heterocycles. The van der Waals surface area contributed by atoms with Gasteiger partial charge in [-0.1, -0.05) is 0 Å². The first kappa shape index (κ1) is 13.5. The lowest BCUT2D eigenvalue weighted by Gasteiger charge is -2.05. The van der Waals surface area contributed by atoms with E-state index < -0.39 is 5.97 Å². The molecule has 0 bridgehead atoms. The highest BCUT2D eigenvalue weighted by Gasteiger charge is 1.98. The lowest BCUT2D eigenvalue weighted by molar-refractivity contribution is -0.131. The van der Waals surface area contributed by atoms with Crippen LogP contribution in [-0.2, 0) is 4.79 Å². The smallest absolute Gasteiger partial charge is 0.328 e. The monoisotopic (exact) mass is 271 g/mol. The van der Waals surface area contributed by atoms with E-state index in [9.17, 15) is 4.79 Å². The van der Waals surface area contributed by atoms with Gasteiger partial charge in [0.05, 0.1) is 7.11 Å². The van der Waals surface area contributed by atoms with Gasteiger partial charge in [-0.05, 0) is 30.3 Å². The predicted molar refractivity (Wildman–Crippen MR) is 75.0 cm³/mol. The number of hydrogen-bond acceptors (Lipinski definition) is 5. The van der Waals surface area contributed by atoms with Crippen molar-refractivity contribution in [1.29, 1.82) is 0 Å². The first-order chi connectivity index (χ1) is 9.67. The fourth-order valence-electron chi connectivity index (χ4n) is 1.46. The molecule has 0 amide bonds. The van der Waals surface area contributed by atoms with Crippen molar-refractivity contribution >= 4 is 23.7 Å². The number of aliphatic carboxylic acids is 1. The van der Waals surface area contributed by atoms with Crippen molar-refractivity contribution in [2.24, 2.45) is 0 Å². The number of rotatable bonds is 5. The number of methoxy groups -OCH3 is 1. The van der Waals surface area contributed by atoms with Crippen LogP contribution < -0.4 is 10.1 Å². The van der Waals surface area contributed by atoms with Crippen molar-refractivity contribution in [2.75, 3.05) is 12.4 Å². The second-order valence-electron chi connectivity index (χ2n) is 3.87. The Kier molecular flexibility index (Phi) is 4.28. The first-order valence-corrected chi connectivity index (χ1v) is 5.81. The number of carbonyl (C=O) groups is 1. The molecule has 0 atom stereocenters. The van der Waals surface area contributed by atoms with Crippen LogP contribution >= 0.6 is 0 Å². The third-order valence-electron chi connectivity index (χ3n) is 2.44. The normalized spacial score (nSPS) is 10.4. The van der Waals surface area contributed by atoms with Crippen LogP contribution in [-0.4, -0.2) is 28.2 Å². The Morgan fingerprint density at radius 3 is 2.45 bits per heavy atom. The van der Waals surface area contributed by atoms with Crippen LogP contribution in [0, 0.1) is 0 Å². The minimum Gasteiger partial charge on any atom is -0.497 e. The topological polar surface area (TPSA) is 84.3 Å². The van der Waals surface area contributed by atoms with E-state index in [1.165, 1.54) is 18.5 Å². The molecule has 6 nitrogen and oxygen atoms in total. The van der Waals surface area contributed by atoms with Crippen LogP contribution in [0.5, 0.6) is 5.75 Å². The second-order valence-corrected chi connectivity index (χ2v) is 3.87. The van der Waals surface area contributed by atoms with Gasteiger partial charge in [0.2, 0.25) is 5.95 Å². The summed E-state index contributed by atoms with van der Waals surface area (Å²) in [5.74, 6) is 0.193. The van der Waals surface area contributed by atoms with Crippen molar-refractivity contribution in [3.8, 4) is 5.75 Å². The SMILES string of the molecule is COc1ccc(Nc2ncc(/C=C/C(=O)O)cn2)cc1. The van der Waals surface area contributed by atoms with E-state index in [4.69, 9.17) is 9.84 Å². The van der Waals surface area contributed by atoms with E-state index in [0.29, 0.717) is 11.5 Å². The lowest BCUT2D eigenvalue weighted by Crippen LogP contribution is -1.97. The van der Waals surface area contributed by atoms with Crippen LogP contribution in [0.15, 0.2) is 42.7 Å². The molecule has 6 heteroatoms. The van der Waals surface area contributed by atoms with Gasteiger partial charge in [0.15, 0.2) is 0 Å². The number of carboxylic acids is 1. The van der Waals surface area contributed by atoms with Crippen molar-refractivity contribution in [2.45, 2.75) is 0 Å². The summed E-state index contributed by atoms with van der Waals surface area (Å²) < 4.78 is 5.07. The number of nitrogens with one attached hydrogen (secondary N) is 1. The Morgan fingerprint density at radius 2 is 1.90 bits per heavy atom. The third-order valence-corrected chi connectivity index (χ3v) is 2.44. The molecule has 0 saturated carbocycles. The largest absolute Gasteiger partial charge is 0.497 e. The molecule has 0 saturated heterocycles. The second kappa shape index (κ2) is 6.33. The van der Waals surface area contributed by atoms with Crippen LogP contribution in [0.25, 0.3) is 6.08 Å². The lowest BCUT2D eigenvalue weighted by atomic mass is 10.3. The van der Waals surface area contributed by atoms with Gasteiger partial charge in [0.1, 0.15) is 5.75 Å². The van der Waals surface area contributed by atoms with Gasteiger partial charge in [-0.3, -0.25) is 0 Å². The van der Waals surface area contributed by atoms with Gasteiger partial charge in [-0.15, -0.1) is 0 Å². The van der Waals surface area contributed by atoms with Gasteiger partial charge in [-0.2, -0.15) is 0 Å². The summed E-state index contributed by atoms with van der Waals surface area (Å²) in [6, 6.07) is 7.35. The van der Waals surface area contributed by atoms with E-state index in [1.807, 2.05) is 24.3 Å². The van der Waals surface area contributed by atoms with Crippen LogP contribution in [0.3, 0.4) is 0 Å². The number of carboxylic acid groups (broad SMARTS) is 1. The highest BCUT2D eigenvalue weighted by molar-refractivity contribution is 5.85. The molecule has 2 N–H and O–H groups in total. The quantitative estimate of drug-likeness (QED) is 0.812. The van der Waals surface area contributed by atoms with Crippen LogP contribution in [0.1, 0.15) is 5.56 Å². The van der Waals surface area contributed by atoms with E-state index in [2.05, 4.69) is 15.3 Å².